The van der Waals surface area contributed by atoms with Crippen molar-refractivity contribution >= 4 is 21.8 Å². The minimum atomic E-state index is -0.0553. The number of hydrogen-bond donors (Lipinski definition) is 1. The summed E-state index contributed by atoms with van der Waals surface area (Å²) in [6.45, 7) is 3.66. The van der Waals surface area contributed by atoms with Crippen molar-refractivity contribution in [2.24, 2.45) is 0 Å². The molecule has 2 aliphatic heterocycles. The molecule has 0 aromatic heterocycles. The molecule has 1 aromatic rings. The molecule has 1 aromatic carbocycles. The monoisotopic (exact) mass is 338 g/mol. The van der Waals surface area contributed by atoms with Gasteiger partial charge in [0.25, 0.3) is 5.91 Å². The summed E-state index contributed by atoms with van der Waals surface area (Å²) in [5.74, 6) is -0.00401. The zero-order valence-corrected chi connectivity index (χ0v) is 13.0. The van der Waals surface area contributed by atoms with Gasteiger partial charge >= 0.3 is 0 Å². The molecule has 1 N–H and O–H groups in total. The van der Waals surface area contributed by atoms with Gasteiger partial charge in [0.15, 0.2) is 0 Å². The molecule has 0 radical (unpaired) electrons. The second-order valence-corrected chi connectivity index (χ2v) is 6.51. The molecule has 2 fully saturated rings. The van der Waals surface area contributed by atoms with Crippen LogP contribution in [0.1, 0.15) is 29.6 Å². The highest BCUT2D eigenvalue weighted by Crippen LogP contribution is 2.26. The van der Waals surface area contributed by atoms with E-state index in [1.54, 1.807) is 18.2 Å². The molecule has 20 heavy (non-hydrogen) atoms. The molecule has 1 atom stereocenters. The summed E-state index contributed by atoms with van der Waals surface area (Å²) in [6.07, 6.45) is 3.71. The van der Waals surface area contributed by atoms with E-state index in [1.165, 1.54) is 19.3 Å². The second kappa shape index (κ2) is 5.74. The molecule has 3 rings (SSSR count). The first-order valence-corrected chi connectivity index (χ1v) is 7.96. The average Bonchev–Trinajstić information content (AvgIpc) is 2.46. The van der Waals surface area contributed by atoms with Crippen LogP contribution in [0.25, 0.3) is 0 Å². The lowest BCUT2D eigenvalue weighted by Gasteiger charge is -2.44. The fraction of sp³-hybridized carbons (Fsp3) is 0.533. The third kappa shape index (κ3) is 2.69. The van der Waals surface area contributed by atoms with Crippen LogP contribution in [0.2, 0.25) is 0 Å². The molecule has 108 valence electrons. The molecular weight excluding hydrogens is 320 g/mol. The number of nitrogens with zero attached hydrogens (tertiary/aromatic N) is 2. The van der Waals surface area contributed by atoms with E-state index in [9.17, 15) is 9.90 Å². The SMILES string of the molecule is O=C(c1ccc(Br)cc1O)N1CCN2CCCCC2C1. The molecule has 0 spiro atoms. The highest BCUT2D eigenvalue weighted by molar-refractivity contribution is 9.10. The minimum Gasteiger partial charge on any atom is -0.507 e. The topological polar surface area (TPSA) is 43.8 Å². The molecule has 5 heteroatoms. The first kappa shape index (κ1) is 13.9. The molecule has 0 saturated carbocycles. The molecule has 0 bridgehead atoms. The van der Waals surface area contributed by atoms with E-state index in [-0.39, 0.29) is 11.7 Å². The third-order valence-electron chi connectivity index (χ3n) is 4.31. The molecule has 1 amide bonds. The summed E-state index contributed by atoms with van der Waals surface area (Å²) >= 11 is 3.30. The van der Waals surface area contributed by atoms with E-state index in [2.05, 4.69) is 20.8 Å². The van der Waals surface area contributed by atoms with Gasteiger partial charge in [-0.2, -0.15) is 0 Å². The van der Waals surface area contributed by atoms with Crippen LogP contribution in [0.5, 0.6) is 5.75 Å². The van der Waals surface area contributed by atoms with Crippen LogP contribution in [0.3, 0.4) is 0 Å². The van der Waals surface area contributed by atoms with Crippen LogP contribution in [0, 0.1) is 0 Å². The summed E-state index contributed by atoms with van der Waals surface area (Å²) in [4.78, 5) is 16.9. The number of halogens is 1. The second-order valence-electron chi connectivity index (χ2n) is 5.60. The number of aromatic hydroxyl groups is 1. The Labute approximate surface area is 127 Å². The standard InChI is InChI=1S/C15H19BrN2O2/c16-11-4-5-13(14(19)9-11)15(20)18-8-7-17-6-2-1-3-12(17)10-18/h4-5,9,12,19H,1-3,6-8,10H2. The quantitative estimate of drug-likeness (QED) is 0.855. The van der Waals surface area contributed by atoms with Gasteiger partial charge in [-0.15, -0.1) is 0 Å². The first-order valence-electron chi connectivity index (χ1n) is 7.17. The Balaban J connectivity index is 1.74. The first-order chi connectivity index (χ1) is 9.65. The number of carbonyl (C=O) groups is 1. The number of benzene rings is 1. The number of piperazine rings is 1. The average molecular weight is 339 g/mol. The summed E-state index contributed by atoms with van der Waals surface area (Å²) < 4.78 is 0.781. The predicted molar refractivity (Wildman–Crippen MR) is 80.9 cm³/mol. The van der Waals surface area contributed by atoms with E-state index in [0.717, 1.165) is 30.7 Å². The van der Waals surface area contributed by atoms with Gasteiger partial charge < -0.3 is 10.0 Å². The van der Waals surface area contributed by atoms with Gasteiger partial charge in [0.1, 0.15) is 5.75 Å². The Morgan fingerprint density at radius 3 is 2.90 bits per heavy atom. The number of hydrogen-bond acceptors (Lipinski definition) is 3. The number of phenols is 1. The van der Waals surface area contributed by atoms with Crippen molar-refractivity contribution in [1.82, 2.24) is 9.80 Å². The van der Waals surface area contributed by atoms with Gasteiger partial charge in [0.2, 0.25) is 0 Å². The zero-order chi connectivity index (χ0) is 14.1. The normalized spacial score (nSPS) is 23.4. The summed E-state index contributed by atoms with van der Waals surface area (Å²) in [5.41, 5.74) is 0.400. The van der Waals surface area contributed by atoms with Crippen molar-refractivity contribution in [3.63, 3.8) is 0 Å². The van der Waals surface area contributed by atoms with Crippen LogP contribution < -0.4 is 0 Å². The van der Waals surface area contributed by atoms with Gasteiger partial charge in [0.05, 0.1) is 5.56 Å². The lowest BCUT2D eigenvalue weighted by Crippen LogP contribution is -2.56. The lowest BCUT2D eigenvalue weighted by molar-refractivity contribution is 0.0370. The number of fused-ring (bicyclic) bond motifs is 1. The van der Waals surface area contributed by atoms with Crippen LogP contribution in [-0.4, -0.2) is 53.0 Å². The largest absolute Gasteiger partial charge is 0.507 e. The Morgan fingerprint density at radius 1 is 1.25 bits per heavy atom. The molecular formula is C15H19BrN2O2. The van der Waals surface area contributed by atoms with Gasteiger partial charge in [0, 0.05) is 30.1 Å². The van der Waals surface area contributed by atoms with Crippen molar-refractivity contribution in [2.75, 3.05) is 26.2 Å². The van der Waals surface area contributed by atoms with E-state index < -0.39 is 0 Å². The zero-order valence-electron chi connectivity index (χ0n) is 11.4. The Bertz CT molecular complexity index is 521. The number of amides is 1. The fourth-order valence-corrected chi connectivity index (χ4v) is 3.55. The molecule has 2 aliphatic rings. The maximum absolute atomic E-state index is 12.5. The maximum atomic E-state index is 12.5. The van der Waals surface area contributed by atoms with E-state index in [0.29, 0.717) is 11.6 Å². The Hall–Kier alpha value is -1.07. The van der Waals surface area contributed by atoms with Crippen molar-refractivity contribution in [1.29, 1.82) is 0 Å². The molecule has 0 aliphatic carbocycles. The van der Waals surface area contributed by atoms with Crippen molar-refractivity contribution in [3.8, 4) is 5.75 Å². The third-order valence-corrected chi connectivity index (χ3v) is 4.81. The Morgan fingerprint density at radius 2 is 2.10 bits per heavy atom. The molecule has 2 heterocycles. The van der Waals surface area contributed by atoms with Gasteiger partial charge in [-0.3, -0.25) is 9.69 Å². The van der Waals surface area contributed by atoms with Crippen LogP contribution in [0.4, 0.5) is 0 Å². The molecule has 1 unspecified atom stereocenters. The fourth-order valence-electron chi connectivity index (χ4n) is 3.20. The lowest BCUT2D eigenvalue weighted by atomic mass is 9.99. The predicted octanol–water partition coefficient (Wildman–Crippen LogP) is 2.47. The van der Waals surface area contributed by atoms with Gasteiger partial charge in [-0.25, -0.2) is 0 Å². The van der Waals surface area contributed by atoms with Crippen molar-refractivity contribution in [3.05, 3.63) is 28.2 Å². The maximum Gasteiger partial charge on any atom is 0.257 e. The molecule has 2 saturated heterocycles. The summed E-state index contributed by atoms with van der Waals surface area (Å²) in [7, 11) is 0. The van der Waals surface area contributed by atoms with Crippen LogP contribution >= 0.6 is 15.9 Å². The number of carbonyl (C=O) groups excluding carboxylic acids is 1. The van der Waals surface area contributed by atoms with E-state index in [1.807, 2.05) is 4.90 Å². The van der Waals surface area contributed by atoms with Gasteiger partial charge in [-0.1, -0.05) is 22.4 Å². The number of piperidine rings is 1. The van der Waals surface area contributed by atoms with E-state index in [4.69, 9.17) is 0 Å². The highest BCUT2D eigenvalue weighted by atomic mass is 79.9. The summed E-state index contributed by atoms with van der Waals surface area (Å²) in [6, 6.07) is 5.56. The number of phenolic OH excluding ortho intramolecular Hbond substituents is 1. The number of rotatable bonds is 1. The highest BCUT2D eigenvalue weighted by Gasteiger charge is 2.31. The molecule has 4 nitrogen and oxygen atoms in total. The van der Waals surface area contributed by atoms with Gasteiger partial charge in [-0.05, 0) is 37.6 Å². The van der Waals surface area contributed by atoms with Crippen LogP contribution in [-0.2, 0) is 0 Å². The van der Waals surface area contributed by atoms with Crippen molar-refractivity contribution in [2.45, 2.75) is 25.3 Å². The van der Waals surface area contributed by atoms with E-state index >= 15 is 0 Å². The van der Waals surface area contributed by atoms with Crippen LogP contribution in [0.15, 0.2) is 22.7 Å². The minimum absolute atomic E-state index is 0.0513. The van der Waals surface area contributed by atoms with Crippen molar-refractivity contribution < 1.29 is 9.90 Å². The Kier molecular flexibility index (Phi) is 3.98. The summed E-state index contributed by atoms with van der Waals surface area (Å²) in [5, 5.41) is 9.94. The smallest absolute Gasteiger partial charge is 0.257 e.